The maximum atomic E-state index is 6.03. The van der Waals surface area contributed by atoms with Crippen LogP contribution in [0.4, 0.5) is 0 Å². The summed E-state index contributed by atoms with van der Waals surface area (Å²) in [5.74, 6) is 0. The standard InChI is InChI=1S/C37H77NO2/c1-4-7-10-12-14-16-18-20-22-24-26-28-30-33-36-39-38(35-32-9-6-3)40-37-34-31-29-27-25-23-21-19-17-15-13-11-8-5-2/h4-37H2,1-3H3. The normalized spacial score (nSPS) is 11.7. The van der Waals surface area contributed by atoms with Gasteiger partial charge in [0.1, 0.15) is 0 Å². The van der Waals surface area contributed by atoms with E-state index >= 15 is 0 Å². The van der Waals surface area contributed by atoms with Gasteiger partial charge >= 0.3 is 0 Å². The topological polar surface area (TPSA) is 21.7 Å². The molecule has 3 heteroatoms. The number of nitrogens with zero attached hydrogens (tertiary/aromatic N) is 1. The van der Waals surface area contributed by atoms with Crippen molar-refractivity contribution >= 4 is 0 Å². The zero-order chi connectivity index (χ0) is 29.0. The van der Waals surface area contributed by atoms with Crippen molar-refractivity contribution in [3.63, 3.8) is 0 Å². The van der Waals surface area contributed by atoms with E-state index in [2.05, 4.69) is 20.8 Å². The molecule has 3 nitrogen and oxygen atoms in total. The van der Waals surface area contributed by atoms with Crippen molar-refractivity contribution in [1.82, 2.24) is 5.23 Å². The Balaban J connectivity index is 3.54. The van der Waals surface area contributed by atoms with E-state index in [0.717, 1.165) is 39.0 Å². The Morgan fingerprint density at radius 3 is 0.775 bits per heavy atom. The first-order chi connectivity index (χ1) is 19.8. The Kier molecular flexibility index (Phi) is 36.8. The minimum absolute atomic E-state index is 0.808. The molecule has 0 aromatic carbocycles. The molecule has 0 radical (unpaired) electrons. The van der Waals surface area contributed by atoms with E-state index in [0.29, 0.717) is 0 Å². The summed E-state index contributed by atoms with van der Waals surface area (Å²) in [7, 11) is 0. The molecule has 0 spiro atoms. The highest BCUT2D eigenvalue weighted by Crippen LogP contribution is 2.15. The smallest absolute Gasteiger partial charge is 0.0711 e. The number of hydroxylamine groups is 2. The van der Waals surface area contributed by atoms with Gasteiger partial charge in [-0.15, -0.1) is 0 Å². The van der Waals surface area contributed by atoms with E-state index < -0.39 is 0 Å². The first-order valence-electron chi connectivity index (χ1n) is 18.9. The molecule has 0 rings (SSSR count). The van der Waals surface area contributed by atoms with Crippen LogP contribution in [0.2, 0.25) is 0 Å². The molecule has 0 aliphatic rings. The fraction of sp³-hybridized carbons (Fsp3) is 1.00. The minimum Gasteiger partial charge on any atom is -0.274 e. The molecule has 0 fully saturated rings. The summed E-state index contributed by atoms with van der Waals surface area (Å²) in [6.07, 6.45) is 42.7. The molecule has 0 unspecified atom stereocenters. The molecular formula is C37H77NO2. The van der Waals surface area contributed by atoms with Crippen LogP contribution in [-0.4, -0.2) is 25.0 Å². The summed E-state index contributed by atoms with van der Waals surface area (Å²) in [4.78, 5) is 12.1. The molecule has 40 heavy (non-hydrogen) atoms. The van der Waals surface area contributed by atoms with E-state index in [1.807, 2.05) is 5.23 Å². The molecule has 0 aromatic heterocycles. The molecule has 0 aromatic rings. The summed E-state index contributed by atoms with van der Waals surface area (Å²) in [6, 6.07) is 0. The molecular weight excluding hydrogens is 490 g/mol. The van der Waals surface area contributed by atoms with Crippen molar-refractivity contribution in [3.05, 3.63) is 0 Å². The van der Waals surface area contributed by atoms with Crippen LogP contribution in [0.25, 0.3) is 0 Å². The Morgan fingerprint density at radius 1 is 0.275 bits per heavy atom. The van der Waals surface area contributed by atoms with Crippen LogP contribution in [0.5, 0.6) is 0 Å². The van der Waals surface area contributed by atoms with Gasteiger partial charge in [0.05, 0.1) is 19.8 Å². The lowest BCUT2D eigenvalue weighted by molar-refractivity contribution is -0.369. The van der Waals surface area contributed by atoms with E-state index in [-0.39, 0.29) is 0 Å². The van der Waals surface area contributed by atoms with E-state index in [9.17, 15) is 0 Å². The fourth-order valence-electron chi connectivity index (χ4n) is 5.58. The largest absolute Gasteiger partial charge is 0.274 e. The van der Waals surface area contributed by atoms with Gasteiger partial charge in [-0.1, -0.05) is 206 Å². The van der Waals surface area contributed by atoms with Crippen LogP contribution >= 0.6 is 0 Å². The molecule has 242 valence electrons. The van der Waals surface area contributed by atoms with Gasteiger partial charge < -0.3 is 0 Å². The SMILES string of the molecule is CCCCCCCCCCCCCCCCON(CCCCC)OCCCCCCCCCCCCCCCC. The molecule has 0 amide bonds. The van der Waals surface area contributed by atoms with Crippen LogP contribution in [-0.2, 0) is 9.68 Å². The van der Waals surface area contributed by atoms with Crippen molar-refractivity contribution in [2.24, 2.45) is 0 Å². The van der Waals surface area contributed by atoms with Gasteiger partial charge in [-0.3, -0.25) is 9.68 Å². The van der Waals surface area contributed by atoms with Crippen LogP contribution < -0.4 is 0 Å². The van der Waals surface area contributed by atoms with Crippen molar-refractivity contribution in [2.45, 2.75) is 220 Å². The molecule has 0 N–H and O–H groups in total. The summed E-state index contributed by atoms with van der Waals surface area (Å²) in [6.45, 7) is 9.38. The summed E-state index contributed by atoms with van der Waals surface area (Å²) in [5.41, 5.74) is 0. The third kappa shape index (κ3) is 34.1. The maximum Gasteiger partial charge on any atom is 0.0711 e. The third-order valence-corrected chi connectivity index (χ3v) is 8.41. The first-order valence-corrected chi connectivity index (χ1v) is 18.9. The molecule has 0 aliphatic carbocycles. The van der Waals surface area contributed by atoms with Gasteiger partial charge in [-0.2, -0.15) is 0 Å². The average Bonchev–Trinajstić information content (AvgIpc) is 2.96. The third-order valence-electron chi connectivity index (χ3n) is 8.41. The van der Waals surface area contributed by atoms with Crippen molar-refractivity contribution in [1.29, 1.82) is 0 Å². The van der Waals surface area contributed by atoms with Crippen LogP contribution in [0.15, 0.2) is 0 Å². The molecule has 0 saturated carbocycles. The van der Waals surface area contributed by atoms with Gasteiger partial charge in [0.25, 0.3) is 0 Å². The molecule has 0 heterocycles. The Bertz CT molecular complexity index is 396. The predicted octanol–water partition coefficient (Wildman–Crippen LogP) is 13.3. The van der Waals surface area contributed by atoms with Crippen LogP contribution in [0.3, 0.4) is 0 Å². The lowest BCUT2D eigenvalue weighted by atomic mass is 10.0. The number of unbranched alkanes of at least 4 members (excludes halogenated alkanes) is 28. The van der Waals surface area contributed by atoms with Gasteiger partial charge in [0.2, 0.25) is 0 Å². The van der Waals surface area contributed by atoms with Gasteiger partial charge in [-0.25, -0.2) is 0 Å². The van der Waals surface area contributed by atoms with Crippen molar-refractivity contribution < 1.29 is 9.68 Å². The zero-order valence-corrected chi connectivity index (χ0v) is 28.3. The number of hydrogen-bond acceptors (Lipinski definition) is 3. The highest BCUT2D eigenvalue weighted by atomic mass is 16.9. The van der Waals surface area contributed by atoms with Gasteiger partial charge in [0, 0.05) is 0 Å². The van der Waals surface area contributed by atoms with Crippen LogP contribution in [0.1, 0.15) is 220 Å². The second-order valence-electron chi connectivity index (χ2n) is 12.6. The molecule has 0 atom stereocenters. The molecule has 0 bridgehead atoms. The Hall–Kier alpha value is -0.120. The van der Waals surface area contributed by atoms with Gasteiger partial charge in [0.15, 0.2) is 0 Å². The second kappa shape index (κ2) is 36.9. The summed E-state index contributed by atoms with van der Waals surface area (Å²) >= 11 is 0. The minimum atomic E-state index is 0.808. The lowest BCUT2D eigenvalue weighted by Gasteiger charge is -2.21. The average molecular weight is 568 g/mol. The predicted molar refractivity (Wildman–Crippen MR) is 179 cm³/mol. The highest BCUT2D eigenvalue weighted by Gasteiger charge is 2.06. The monoisotopic (exact) mass is 568 g/mol. The first kappa shape index (κ1) is 39.9. The van der Waals surface area contributed by atoms with Crippen LogP contribution in [0, 0.1) is 0 Å². The van der Waals surface area contributed by atoms with Crippen molar-refractivity contribution in [2.75, 3.05) is 19.8 Å². The summed E-state index contributed by atoms with van der Waals surface area (Å²) in [5, 5.41) is 1.82. The number of rotatable bonds is 36. The maximum absolute atomic E-state index is 6.03. The Morgan fingerprint density at radius 2 is 0.500 bits per heavy atom. The van der Waals surface area contributed by atoms with E-state index in [1.54, 1.807) is 0 Å². The quantitative estimate of drug-likeness (QED) is 0.0555. The number of hydrogen-bond donors (Lipinski definition) is 0. The van der Waals surface area contributed by atoms with Gasteiger partial charge in [-0.05, 0) is 19.3 Å². The van der Waals surface area contributed by atoms with E-state index in [1.165, 1.54) is 180 Å². The lowest BCUT2D eigenvalue weighted by Crippen LogP contribution is -2.27. The second-order valence-corrected chi connectivity index (χ2v) is 12.6. The highest BCUT2D eigenvalue weighted by molar-refractivity contribution is 4.51. The fourth-order valence-corrected chi connectivity index (χ4v) is 5.58. The Labute approximate surface area is 254 Å². The zero-order valence-electron chi connectivity index (χ0n) is 28.3. The van der Waals surface area contributed by atoms with Crippen molar-refractivity contribution in [3.8, 4) is 0 Å². The van der Waals surface area contributed by atoms with E-state index in [4.69, 9.17) is 9.68 Å². The molecule has 0 aliphatic heterocycles. The molecule has 0 saturated heterocycles. The summed E-state index contributed by atoms with van der Waals surface area (Å²) < 4.78 is 0.